The van der Waals surface area contributed by atoms with Crippen molar-refractivity contribution in [3.63, 3.8) is 0 Å². The number of hydrogen-bond acceptors (Lipinski definition) is 4. The molecule has 1 amide bonds. The molecule has 1 atom stereocenters. The first-order valence-corrected chi connectivity index (χ1v) is 5.32. The number of rotatable bonds is 5. The summed E-state index contributed by atoms with van der Waals surface area (Å²) in [7, 11) is 1.36. The second-order valence-electron chi connectivity index (χ2n) is 3.62. The average Bonchev–Trinajstić information content (AvgIpc) is 2.77. The Hall–Kier alpha value is -1.10. The van der Waals surface area contributed by atoms with Crippen molar-refractivity contribution in [3.05, 3.63) is 0 Å². The lowest BCUT2D eigenvalue weighted by atomic mass is 10.2. The largest absolute Gasteiger partial charge is 0.469 e. The van der Waals surface area contributed by atoms with Gasteiger partial charge in [0.05, 0.1) is 13.2 Å². The Labute approximate surface area is 89.6 Å². The predicted molar refractivity (Wildman–Crippen MR) is 55.3 cm³/mol. The summed E-state index contributed by atoms with van der Waals surface area (Å²) in [6.07, 6.45) is 2.95. The van der Waals surface area contributed by atoms with Crippen molar-refractivity contribution in [2.75, 3.05) is 20.2 Å². The Balaban J connectivity index is 2.04. The van der Waals surface area contributed by atoms with Gasteiger partial charge < -0.3 is 15.4 Å². The molecule has 0 unspecified atom stereocenters. The summed E-state index contributed by atoms with van der Waals surface area (Å²) in [5, 5.41) is 5.91. The normalized spacial score (nSPS) is 19.9. The molecule has 0 aromatic heterocycles. The number of carbonyl (C=O) groups excluding carboxylic acids is 2. The van der Waals surface area contributed by atoms with Gasteiger partial charge in [-0.15, -0.1) is 0 Å². The minimum Gasteiger partial charge on any atom is -0.469 e. The molecule has 0 radical (unpaired) electrons. The molecule has 1 aliphatic rings. The van der Waals surface area contributed by atoms with Crippen LogP contribution in [-0.2, 0) is 14.3 Å². The van der Waals surface area contributed by atoms with Crippen LogP contribution in [-0.4, -0.2) is 38.1 Å². The summed E-state index contributed by atoms with van der Waals surface area (Å²) in [5.74, 6) is -0.194. The summed E-state index contributed by atoms with van der Waals surface area (Å²) < 4.78 is 4.49. The maximum atomic E-state index is 11.5. The zero-order valence-corrected chi connectivity index (χ0v) is 9.04. The molecule has 2 N–H and O–H groups in total. The minimum atomic E-state index is -0.233. The van der Waals surface area contributed by atoms with Crippen molar-refractivity contribution >= 4 is 11.9 Å². The molecule has 15 heavy (non-hydrogen) atoms. The average molecular weight is 214 g/mol. The predicted octanol–water partition coefficient (Wildman–Crippen LogP) is -0.192. The highest BCUT2D eigenvalue weighted by Gasteiger charge is 2.21. The molecular formula is C10H18N2O3. The first-order valence-electron chi connectivity index (χ1n) is 5.32. The maximum Gasteiger partial charge on any atom is 0.305 e. The van der Waals surface area contributed by atoms with Crippen LogP contribution in [0.25, 0.3) is 0 Å². The van der Waals surface area contributed by atoms with Crippen molar-refractivity contribution in [2.45, 2.75) is 31.7 Å². The number of esters is 1. The van der Waals surface area contributed by atoms with E-state index in [9.17, 15) is 9.59 Å². The number of amides is 1. The molecule has 86 valence electrons. The summed E-state index contributed by atoms with van der Waals surface area (Å²) in [4.78, 5) is 22.2. The number of methoxy groups -OCH3 is 1. The van der Waals surface area contributed by atoms with Crippen LogP contribution in [0.5, 0.6) is 0 Å². The zero-order chi connectivity index (χ0) is 11.1. The van der Waals surface area contributed by atoms with E-state index in [1.54, 1.807) is 0 Å². The first-order chi connectivity index (χ1) is 7.24. The molecule has 1 aliphatic heterocycles. The summed E-state index contributed by atoms with van der Waals surface area (Å²) in [6.45, 7) is 1.45. The molecule has 1 heterocycles. The van der Waals surface area contributed by atoms with Crippen molar-refractivity contribution in [1.82, 2.24) is 10.6 Å². The highest BCUT2D eigenvalue weighted by molar-refractivity contribution is 5.82. The van der Waals surface area contributed by atoms with Gasteiger partial charge in [-0.3, -0.25) is 9.59 Å². The molecule has 0 spiro atoms. The van der Waals surface area contributed by atoms with Gasteiger partial charge in [-0.2, -0.15) is 0 Å². The van der Waals surface area contributed by atoms with Crippen LogP contribution >= 0.6 is 0 Å². The quantitative estimate of drug-likeness (QED) is 0.491. The molecule has 1 fully saturated rings. The van der Waals surface area contributed by atoms with Crippen LogP contribution < -0.4 is 10.6 Å². The summed E-state index contributed by atoms with van der Waals surface area (Å²) in [5.41, 5.74) is 0. The highest BCUT2D eigenvalue weighted by atomic mass is 16.5. The number of ether oxygens (including phenoxy) is 1. The van der Waals surface area contributed by atoms with Gasteiger partial charge in [0.15, 0.2) is 0 Å². The smallest absolute Gasteiger partial charge is 0.305 e. The second-order valence-corrected chi connectivity index (χ2v) is 3.62. The third-order valence-electron chi connectivity index (χ3n) is 2.46. The Morgan fingerprint density at radius 3 is 2.93 bits per heavy atom. The molecule has 5 nitrogen and oxygen atoms in total. The maximum absolute atomic E-state index is 11.5. The Bertz CT molecular complexity index is 225. The summed E-state index contributed by atoms with van der Waals surface area (Å²) >= 11 is 0. The van der Waals surface area contributed by atoms with Crippen LogP contribution in [0.4, 0.5) is 0 Å². The Kier molecular flexibility index (Phi) is 5.10. The summed E-state index contributed by atoms with van der Waals surface area (Å²) in [6, 6.07) is -0.0388. The van der Waals surface area contributed by atoms with Gasteiger partial charge in [-0.05, 0) is 25.8 Å². The lowest BCUT2D eigenvalue weighted by Gasteiger charge is -2.10. The number of nitrogens with one attached hydrogen (secondary N) is 2. The Morgan fingerprint density at radius 1 is 1.53 bits per heavy atom. The molecule has 0 aromatic rings. The fourth-order valence-corrected chi connectivity index (χ4v) is 1.58. The van der Waals surface area contributed by atoms with E-state index < -0.39 is 0 Å². The number of carbonyl (C=O) groups is 2. The van der Waals surface area contributed by atoms with Gasteiger partial charge in [-0.1, -0.05) is 0 Å². The molecule has 0 aliphatic carbocycles. The molecule has 1 saturated heterocycles. The van der Waals surface area contributed by atoms with Gasteiger partial charge in [0.2, 0.25) is 5.91 Å². The van der Waals surface area contributed by atoms with E-state index in [1.807, 2.05) is 0 Å². The molecule has 1 rings (SSSR count). The van der Waals surface area contributed by atoms with Crippen LogP contribution in [0.3, 0.4) is 0 Å². The van der Waals surface area contributed by atoms with Crippen LogP contribution in [0.2, 0.25) is 0 Å². The van der Waals surface area contributed by atoms with Crippen LogP contribution in [0.1, 0.15) is 25.7 Å². The van der Waals surface area contributed by atoms with Gasteiger partial charge >= 0.3 is 5.97 Å². The zero-order valence-electron chi connectivity index (χ0n) is 9.04. The molecular weight excluding hydrogens is 196 g/mol. The SMILES string of the molecule is COC(=O)CCCNC(=O)[C@@H]1CCCN1. The van der Waals surface area contributed by atoms with Crippen LogP contribution in [0, 0.1) is 0 Å². The van der Waals surface area contributed by atoms with E-state index in [0.29, 0.717) is 19.4 Å². The lowest BCUT2D eigenvalue weighted by molar-refractivity contribution is -0.140. The number of hydrogen-bond donors (Lipinski definition) is 2. The van der Waals surface area contributed by atoms with E-state index in [-0.39, 0.29) is 17.9 Å². The molecule has 0 aromatic carbocycles. The van der Waals surface area contributed by atoms with E-state index in [0.717, 1.165) is 19.4 Å². The van der Waals surface area contributed by atoms with E-state index in [4.69, 9.17) is 0 Å². The van der Waals surface area contributed by atoms with Gasteiger partial charge in [-0.25, -0.2) is 0 Å². The van der Waals surface area contributed by atoms with Crippen LogP contribution in [0.15, 0.2) is 0 Å². The van der Waals surface area contributed by atoms with E-state index >= 15 is 0 Å². The highest BCUT2D eigenvalue weighted by Crippen LogP contribution is 2.04. The van der Waals surface area contributed by atoms with E-state index in [2.05, 4.69) is 15.4 Å². The lowest BCUT2D eigenvalue weighted by Crippen LogP contribution is -2.40. The Morgan fingerprint density at radius 2 is 2.33 bits per heavy atom. The van der Waals surface area contributed by atoms with Crippen molar-refractivity contribution in [1.29, 1.82) is 0 Å². The third-order valence-corrected chi connectivity index (χ3v) is 2.46. The molecule has 0 saturated carbocycles. The van der Waals surface area contributed by atoms with Gasteiger partial charge in [0.25, 0.3) is 0 Å². The van der Waals surface area contributed by atoms with Crippen molar-refractivity contribution in [2.24, 2.45) is 0 Å². The van der Waals surface area contributed by atoms with Crippen molar-refractivity contribution < 1.29 is 14.3 Å². The fraction of sp³-hybridized carbons (Fsp3) is 0.800. The second kappa shape index (κ2) is 6.40. The van der Waals surface area contributed by atoms with E-state index in [1.165, 1.54) is 7.11 Å². The molecule has 0 bridgehead atoms. The first kappa shape index (κ1) is 12.0. The van der Waals surface area contributed by atoms with Gasteiger partial charge in [0.1, 0.15) is 0 Å². The van der Waals surface area contributed by atoms with Gasteiger partial charge in [0, 0.05) is 13.0 Å². The minimum absolute atomic E-state index is 0.0388. The standard InChI is InChI=1S/C10H18N2O3/c1-15-9(13)5-3-7-12-10(14)8-4-2-6-11-8/h8,11H,2-7H2,1H3,(H,12,14)/t8-/m0/s1. The molecule has 5 heteroatoms. The third kappa shape index (κ3) is 4.29. The topological polar surface area (TPSA) is 67.4 Å². The van der Waals surface area contributed by atoms with Crippen molar-refractivity contribution in [3.8, 4) is 0 Å². The monoisotopic (exact) mass is 214 g/mol. The fourth-order valence-electron chi connectivity index (χ4n) is 1.58.